The molecule has 1 aromatic rings. The topological polar surface area (TPSA) is 46.2 Å². The van der Waals surface area contributed by atoms with Crippen LogP contribution in [0.4, 0.5) is 0 Å². The number of halogens is 1. The molecular formula is C11H14BrNO2S. The minimum atomic E-state index is -3.15. The molecule has 5 heteroatoms. The maximum absolute atomic E-state index is 11.7. The molecule has 0 radical (unpaired) electrons. The Morgan fingerprint density at radius 3 is 2.75 bits per heavy atom. The van der Waals surface area contributed by atoms with Crippen LogP contribution in [0.2, 0.25) is 0 Å². The van der Waals surface area contributed by atoms with E-state index < -0.39 is 9.84 Å². The van der Waals surface area contributed by atoms with Crippen molar-refractivity contribution in [2.24, 2.45) is 0 Å². The Balaban J connectivity index is 2.52. The van der Waals surface area contributed by atoms with Crippen molar-refractivity contribution in [2.45, 2.75) is 23.8 Å². The summed E-state index contributed by atoms with van der Waals surface area (Å²) in [5.74, 6) is 0. The van der Waals surface area contributed by atoms with Crippen LogP contribution in [0.15, 0.2) is 27.6 Å². The first-order chi connectivity index (χ1) is 7.48. The second kappa shape index (κ2) is 4.47. The van der Waals surface area contributed by atoms with Gasteiger partial charge in [0, 0.05) is 16.8 Å². The van der Waals surface area contributed by atoms with Crippen LogP contribution in [0.5, 0.6) is 0 Å². The standard InChI is InChI=1S/C11H14BrNO2S/c1-16(14,15)11-5-4-8(12)7-9(11)10-3-2-6-13-10/h4-5,7,10,13H,2-3,6H2,1H3. The number of benzene rings is 1. The molecule has 0 amide bonds. The van der Waals surface area contributed by atoms with Gasteiger partial charge in [-0.15, -0.1) is 0 Å². The zero-order valence-corrected chi connectivity index (χ0v) is 11.4. The molecule has 0 saturated carbocycles. The highest BCUT2D eigenvalue weighted by Crippen LogP contribution is 2.30. The van der Waals surface area contributed by atoms with Gasteiger partial charge in [0.25, 0.3) is 0 Å². The summed E-state index contributed by atoms with van der Waals surface area (Å²) < 4.78 is 24.3. The lowest BCUT2D eigenvalue weighted by Crippen LogP contribution is -2.16. The highest BCUT2D eigenvalue weighted by atomic mass is 79.9. The largest absolute Gasteiger partial charge is 0.310 e. The molecule has 1 fully saturated rings. The molecule has 1 N–H and O–H groups in total. The lowest BCUT2D eigenvalue weighted by atomic mass is 10.1. The summed E-state index contributed by atoms with van der Waals surface area (Å²) in [6.45, 7) is 0.959. The first-order valence-corrected chi connectivity index (χ1v) is 7.90. The van der Waals surface area contributed by atoms with Crippen molar-refractivity contribution in [3.8, 4) is 0 Å². The van der Waals surface area contributed by atoms with E-state index in [0.717, 1.165) is 29.4 Å². The Labute approximate surface area is 104 Å². The maximum atomic E-state index is 11.7. The number of hydrogen-bond donors (Lipinski definition) is 1. The van der Waals surface area contributed by atoms with Crippen LogP contribution in [0.1, 0.15) is 24.4 Å². The molecule has 2 rings (SSSR count). The molecule has 1 aromatic carbocycles. The molecule has 0 aromatic heterocycles. The lowest BCUT2D eigenvalue weighted by Gasteiger charge is -2.15. The normalized spacial score (nSPS) is 21.2. The average molecular weight is 304 g/mol. The number of hydrogen-bond acceptors (Lipinski definition) is 3. The molecule has 1 aliphatic heterocycles. The minimum Gasteiger partial charge on any atom is -0.310 e. The summed E-state index contributed by atoms with van der Waals surface area (Å²) in [6, 6.07) is 5.52. The monoisotopic (exact) mass is 303 g/mol. The molecule has 1 atom stereocenters. The van der Waals surface area contributed by atoms with Gasteiger partial charge >= 0.3 is 0 Å². The van der Waals surface area contributed by atoms with Gasteiger partial charge in [0.15, 0.2) is 9.84 Å². The molecule has 16 heavy (non-hydrogen) atoms. The van der Waals surface area contributed by atoms with Gasteiger partial charge in [0.05, 0.1) is 4.90 Å². The summed E-state index contributed by atoms with van der Waals surface area (Å²) in [4.78, 5) is 0.440. The smallest absolute Gasteiger partial charge is 0.175 e. The fraction of sp³-hybridized carbons (Fsp3) is 0.455. The summed E-state index contributed by atoms with van der Waals surface area (Å²) in [6.07, 6.45) is 3.36. The second-order valence-corrected chi connectivity index (χ2v) is 7.00. The highest BCUT2D eigenvalue weighted by molar-refractivity contribution is 9.10. The van der Waals surface area contributed by atoms with Crippen LogP contribution >= 0.6 is 15.9 Å². The van der Waals surface area contributed by atoms with Crippen molar-refractivity contribution in [3.05, 3.63) is 28.2 Å². The predicted molar refractivity (Wildman–Crippen MR) is 67.2 cm³/mol. The van der Waals surface area contributed by atoms with Gasteiger partial charge in [-0.05, 0) is 43.1 Å². The van der Waals surface area contributed by atoms with Gasteiger partial charge in [-0.2, -0.15) is 0 Å². The van der Waals surface area contributed by atoms with Gasteiger partial charge in [0.2, 0.25) is 0 Å². The first kappa shape index (κ1) is 12.1. The Morgan fingerprint density at radius 1 is 1.44 bits per heavy atom. The van der Waals surface area contributed by atoms with E-state index in [-0.39, 0.29) is 6.04 Å². The van der Waals surface area contributed by atoms with Crippen molar-refractivity contribution in [1.82, 2.24) is 5.32 Å². The molecule has 1 unspecified atom stereocenters. The summed E-state index contributed by atoms with van der Waals surface area (Å²) in [7, 11) is -3.15. The molecule has 88 valence electrons. The molecule has 1 saturated heterocycles. The van der Waals surface area contributed by atoms with Crippen LogP contribution in [-0.4, -0.2) is 21.2 Å². The molecule has 0 spiro atoms. The molecule has 1 heterocycles. The van der Waals surface area contributed by atoms with E-state index >= 15 is 0 Å². The van der Waals surface area contributed by atoms with E-state index in [9.17, 15) is 8.42 Å². The van der Waals surface area contributed by atoms with E-state index in [2.05, 4.69) is 21.2 Å². The van der Waals surface area contributed by atoms with Gasteiger partial charge < -0.3 is 5.32 Å². The molecule has 3 nitrogen and oxygen atoms in total. The SMILES string of the molecule is CS(=O)(=O)c1ccc(Br)cc1C1CCCN1. The Hall–Kier alpha value is -0.390. The van der Waals surface area contributed by atoms with E-state index in [4.69, 9.17) is 0 Å². The number of sulfone groups is 1. The fourth-order valence-electron chi connectivity index (χ4n) is 2.08. The highest BCUT2D eigenvalue weighted by Gasteiger charge is 2.23. The minimum absolute atomic E-state index is 0.169. The van der Waals surface area contributed by atoms with Gasteiger partial charge in [0.1, 0.15) is 0 Å². The average Bonchev–Trinajstić information content (AvgIpc) is 2.68. The van der Waals surface area contributed by atoms with Gasteiger partial charge in [-0.25, -0.2) is 8.42 Å². The van der Waals surface area contributed by atoms with Crippen LogP contribution in [0.25, 0.3) is 0 Å². The van der Waals surface area contributed by atoms with E-state index in [1.54, 1.807) is 12.1 Å². The Kier molecular flexibility index (Phi) is 3.37. The van der Waals surface area contributed by atoms with Crippen LogP contribution in [0.3, 0.4) is 0 Å². The number of nitrogens with one attached hydrogen (secondary N) is 1. The Bertz CT molecular complexity index is 493. The van der Waals surface area contributed by atoms with Crippen molar-refractivity contribution in [3.63, 3.8) is 0 Å². The molecule has 1 aliphatic rings. The van der Waals surface area contributed by atoms with Crippen molar-refractivity contribution >= 4 is 25.8 Å². The third kappa shape index (κ3) is 2.47. The van der Waals surface area contributed by atoms with Crippen molar-refractivity contribution in [2.75, 3.05) is 12.8 Å². The van der Waals surface area contributed by atoms with Gasteiger partial charge in [-0.1, -0.05) is 15.9 Å². The van der Waals surface area contributed by atoms with E-state index in [0.29, 0.717) is 4.90 Å². The fourth-order valence-corrected chi connectivity index (χ4v) is 3.40. The van der Waals surface area contributed by atoms with Gasteiger partial charge in [-0.3, -0.25) is 0 Å². The summed E-state index contributed by atoms with van der Waals surface area (Å²) in [5, 5.41) is 3.33. The predicted octanol–water partition coefficient (Wildman–Crippen LogP) is 2.28. The van der Waals surface area contributed by atoms with Crippen LogP contribution in [0, 0.1) is 0 Å². The Morgan fingerprint density at radius 2 is 2.19 bits per heavy atom. The zero-order chi connectivity index (χ0) is 11.8. The quantitative estimate of drug-likeness (QED) is 0.912. The van der Waals surface area contributed by atoms with Crippen LogP contribution in [-0.2, 0) is 9.84 Å². The third-order valence-corrected chi connectivity index (χ3v) is 4.47. The molecular weight excluding hydrogens is 290 g/mol. The third-order valence-electron chi connectivity index (χ3n) is 2.81. The summed E-state index contributed by atoms with van der Waals surface area (Å²) in [5.41, 5.74) is 0.884. The molecule has 0 bridgehead atoms. The zero-order valence-electron chi connectivity index (χ0n) is 9.03. The van der Waals surface area contributed by atoms with Crippen molar-refractivity contribution < 1.29 is 8.42 Å². The van der Waals surface area contributed by atoms with E-state index in [1.807, 2.05) is 6.07 Å². The van der Waals surface area contributed by atoms with E-state index in [1.165, 1.54) is 6.26 Å². The summed E-state index contributed by atoms with van der Waals surface area (Å²) >= 11 is 3.39. The number of rotatable bonds is 2. The van der Waals surface area contributed by atoms with Crippen molar-refractivity contribution in [1.29, 1.82) is 0 Å². The van der Waals surface area contributed by atoms with Crippen LogP contribution < -0.4 is 5.32 Å². The maximum Gasteiger partial charge on any atom is 0.175 e. The lowest BCUT2D eigenvalue weighted by molar-refractivity contribution is 0.591. The first-order valence-electron chi connectivity index (χ1n) is 5.21. The second-order valence-electron chi connectivity index (χ2n) is 4.10. The molecule has 0 aliphatic carbocycles.